The minimum Gasteiger partial charge on any atom is -0.300 e. The molecule has 1 atom stereocenters. The second kappa shape index (κ2) is 6.60. The second-order valence-electron chi connectivity index (χ2n) is 6.20. The van der Waals surface area contributed by atoms with Crippen LogP contribution in [0.5, 0.6) is 0 Å². The number of hydrogen-bond acceptors (Lipinski definition) is 8. The standard InChI is InChI=1S/C17H12N4O6S2/c1-9(20-16(23)11-4-2-3-5-14(11)29(20,26)27)15(22)19-17-18-12-7-6-10(21(24)25)8-13(12)28-17/h2-9H,1H3,(H,18,19,22)/t9-/m0/s1. The van der Waals surface area contributed by atoms with E-state index in [4.69, 9.17) is 0 Å². The maximum absolute atomic E-state index is 12.7. The number of anilines is 1. The van der Waals surface area contributed by atoms with Crippen molar-refractivity contribution in [2.45, 2.75) is 17.9 Å². The maximum Gasteiger partial charge on any atom is 0.270 e. The summed E-state index contributed by atoms with van der Waals surface area (Å²) in [6, 6.07) is 8.50. The van der Waals surface area contributed by atoms with Crippen LogP contribution in [0, 0.1) is 10.1 Å². The van der Waals surface area contributed by atoms with Gasteiger partial charge in [0.1, 0.15) is 10.9 Å². The van der Waals surface area contributed by atoms with Crippen molar-refractivity contribution in [3.63, 3.8) is 0 Å². The molecule has 0 aliphatic carbocycles. The normalized spacial score (nSPS) is 15.9. The largest absolute Gasteiger partial charge is 0.300 e. The molecule has 2 amide bonds. The Balaban J connectivity index is 1.60. The first-order valence-electron chi connectivity index (χ1n) is 8.24. The third kappa shape index (κ3) is 3.02. The lowest BCUT2D eigenvalue weighted by Gasteiger charge is -2.21. The molecular weight excluding hydrogens is 420 g/mol. The van der Waals surface area contributed by atoms with Crippen molar-refractivity contribution in [1.82, 2.24) is 9.29 Å². The van der Waals surface area contributed by atoms with Gasteiger partial charge in [0, 0.05) is 12.1 Å². The van der Waals surface area contributed by atoms with Crippen molar-refractivity contribution < 1.29 is 22.9 Å². The maximum atomic E-state index is 12.7. The molecule has 29 heavy (non-hydrogen) atoms. The van der Waals surface area contributed by atoms with Gasteiger partial charge in [0.25, 0.3) is 21.6 Å². The molecule has 148 valence electrons. The fourth-order valence-corrected chi connectivity index (χ4v) is 5.61. The summed E-state index contributed by atoms with van der Waals surface area (Å²) in [4.78, 5) is 39.5. The molecule has 2 heterocycles. The number of aromatic nitrogens is 1. The van der Waals surface area contributed by atoms with Gasteiger partial charge in [0.2, 0.25) is 5.91 Å². The van der Waals surface area contributed by atoms with E-state index >= 15 is 0 Å². The summed E-state index contributed by atoms with van der Waals surface area (Å²) in [5.41, 5.74) is 0.346. The monoisotopic (exact) mass is 432 g/mol. The summed E-state index contributed by atoms with van der Waals surface area (Å²) < 4.78 is 26.4. The van der Waals surface area contributed by atoms with Crippen LogP contribution in [0.15, 0.2) is 47.4 Å². The molecule has 3 aromatic rings. The summed E-state index contributed by atoms with van der Waals surface area (Å²) >= 11 is 1.00. The number of nitrogens with one attached hydrogen (secondary N) is 1. The van der Waals surface area contributed by atoms with Gasteiger partial charge in [-0.3, -0.25) is 19.7 Å². The van der Waals surface area contributed by atoms with E-state index in [1.54, 1.807) is 6.07 Å². The van der Waals surface area contributed by atoms with Crippen molar-refractivity contribution >= 4 is 54.2 Å². The lowest BCUT2D eigenvalue weighted by Crippen LogP contribution is -2.45. The number of benzene rings is 2. The molecule has 1 N–H and O–H groups in total. The molecule has 0 saturated carbocycles. The van der Waals surface area contributed by atoms with Crippen LogP contribution in [0.1, 0.15) is 17.3 Å². The fraction of sp³-hybridized carbons (Fsp3) is 0.118. The molecule has 1 aromatic heterocycles. The van der Waals surface area contributed by atoms with E-state index in [1.165, 1.54) is 43.3 Å². The van der Waals surface area contributed by atoms with Gasteiger partial charge in [-0.15, -0.1) is 0 Å². The van der Waals surface area contributed by atoms with Gasteiger partial charge < -0.3 is 5.32 Å². The van der Waals surface area contributed by atoms with Crippen LogP contribution in [-0.4, -0.2) is 40.5 Å². The summed E-state index contributed by atoms with van der Waals surface area (Å²) in [7, 11) is -4.14. The zero-order valence-electron chi connectivity index (χ0n) is 14.7. The van der Waals surface area contributed by atoms with Crippen LogP contribution >= 0.6 is 11.3 Å². The molecule has 0 bridgehead atoms. The van der Waals surface area contributed by atoms with Crippen molar-refractivity contribution in [2.75, 3.05) is 5.32 Å². The van der Waals surface area contributed by atoms with Crippen LogP contribution in [0.3, 0.4) is 0 Å². The molecule has 0 saturated heterocycles. The molecule has 10 nitrogen and oxygen atoms in total. The molecule has 0 radical (unpaired) electrons. The summed E-state index contributed by atoms with van der Waals surface area (Å²) in [6.45, 7) is 1.30. The van der Waals surface area contributed by atoms with E-state index in [0.717, 1.165) is 11.3 Å². The molecule has 0 fully saturated rings. The highest BCUT2D eigenvalue weighted by atomic mass is 32.2. The van der Waals surface area contributed by atoms with Crippen LogP contribution < -0.4 is 5.32 Å². The highest BCUT2D eigenvalue weighted by Crippen LogP contribution is 2.33. The lowest BCUT2D eigenvalue weighted by molar-refractivity contribution is -0.384. The zero-order valence-corrected chi connectivity index (χ0v) is 16.4. The van der Waals surface area contributed by atoms with E-state index in [0.29, 0.717) is 14.5 Å². The van der Waals surface area contributed by atoms with Gasteiger partial charge in [0.15, 0.2) is 5.13 Å². The van der Waals surface area contributed by atoms with Crippen LogP contribution in [-0.2, 0) is 14.8 Å². The Morgan fingerprint density at radius 3 is 2.69 bits per heavy atom. The number of nitro groups is 1. The number of nitro benzene ring substituents is 1. The highest BCUT2D eigenvalue weighted by molar-refractivity contribution is 7.90. The van der Waals surface area contributed by atoms with Crippen LogP contribution in [0.4, 0.5) is 10.8 Å². The van der Waals surface area contributed by atoms with Gasteiger partial charge in [-0.1, -0.05) is 23.5 Å². The Morgan fingerprint density at radius 2 is 2.00 bits per heavy atom. The average Bonchev–Trinajstić information content (AvgIpc) is 3.16. The van der Waals surface area contributed by atoms with Crippen molar-refractivity contribution in [3.05, 3.63) is 58.1 Å². The Hall–Kier alpha value is -3.38. The zero-order chi connectivity index (χ0) is 20.9. The first kappa shape index (κ1) is 19.0. The number of fused-ring (bicyclic) bond motifs is 2. The van der Waals surface area contributed by atoms with Gasteiger partial charge in [-0.25, -0.2) is 17.7 Å². The number of rotatable bonds is 4. The van der Waals surface area contributed by atoms with E-state index < -0.39 is 32.8 Å². The molecule has 2 aromatic carbocycles. The first-order chi connectivity index (χ1) is 13.7. The molecule has 1 aliphatic rings. The number of amides is 2. The van der Waals surface area contributed by atoms with Crippen LogP contribution in [0.25, 0.3) is 10.2 Å². The lowest BCUT2D eigenvalue weighted by atomic mass is 10.2. The van der Waals surface area contributed by atoms with Gasteiger partial charge in [-0.2, -0.15) is 0 Å². The number of carbonyl (C=O) groups is 2. The minimum absolute atomic E-state index is 0.0134. The number of nitrogens with zero attached hydrogens (tertiary/aromatic N) is 3. The van der Waals surface area contributed by atoms with Crippen LogP contribution in [0.2, 0.25) is 0 Å². The molecular formula is C17H12N4O6S2. The Kier molecular flexibility index (Phi) is 4.31. The molecule has 12 heteroatoms. The summed E-state index contributed by atoms with van der Waals surface area (Å²) in [6.07, 6.45) is 0. The predicted molar refractivity (Wildman–Crippen MR) is 104 cm³/mol. The smallest absolute Gasteiger partial charge is 0.270 e. The number of thiazole rings is 1. The minimum atomic E-state index is -4.14. The number of hydrogen-bond donors (Lipinski definition) is 1. The molecule has 0 spiro atoms. The Morgan fingerprint density at radius 1 is 1.28 bits per heavy atom. The highest BCUT2D eigenvalue weighted by Gasteiger charge is 2.45. The molecule has 4 rings (SSSR count). The molecule has 1 aliphatic heterocycles. The van der Waals surface area contributed by atoms with Gasteiger partial charge >= 0.3 is 0 Å². The number of sulfonamides is 1. The van der Waals surface area contributed by atoms with E-state index in [9.17, 15) is 28.1 Å². The Labute approximate surface area is 168 Å². The van der Waals surface area contributed by atoms with Crippen molar-refractivity contribution in [2.24, 2.45) is 0 Å². The third-order valence-corrected chi connectivity index (χ3v) is 7.24. The van der Waals surface area contributed by atoms with E-state index in [1.807, 2.05) is 0 Å². The number of non-ortho nitro benzene ring substituents is 1. The Bertz CT molecular complexity index is 1300. The SMILES string of the molecule is C[C@@H](C(=O)Nc1nc2ccc([N+](=O)[O-])cc2s1)N1C(=O)c2ccccc2S1(=O)=O. The third-order valence-electron chi connectivity index (χ3n) is 4.40. The van der Waals surface area contributed by atoms with E-state index in [2.05, 4.69) is 10.3 Å². The fourth-order valence-electron chi connectivity index (χ4n) is 2.98. The number of carbonyl (C=O) groups excluding carboxylic acids is 2. The summed E-state index contributed by atoms with van der Waals surface area (Å²) in [5.74, 6) is -1.52. The quantitative estimate of drug-likeness (QED) is 0.493. The van der Waals surface area contributed by atoms with Crippen molar-refractivity contribution in [1.29, 1.82) is 0 Å². The predicted octanol–water partition coefficient (Wildman–Crippen LogP) is 2.38. The van der Waals surface area contributed by atoms with E-state index in [-0.39, 0.29) is 21.3 Å². The topological polar surface area (TPSA) is 140 Å². The summed E-state index contributed by atoms with van der Waals surface area (Å²) in [5, 5.41) is 13.5. The second-order valence-corrected chi connectivity index (χ2v) is 9.01. The van der Waals surface area contributed by atoms with Crippen molar-refractivity contribution in [3.8, 4) is 0 Å². The molecule has 0 unspecified atom stereocenters. The average molecular weight is 432 g/mol. The van der Waals surface area contributed by atoms with Gasteiger partial charge in [-0.05, 0) is 25.1 Å². The van der Waals surface area contributed by atoms with Gasteiger partial charge in [0.05, 0.1) is 20.7 Å². The first-order valence-corrected chi connectivity index (χ1v) is 10.5.